The molecule has 25 heavy (non-hydrogen) atoms. The van der Waals surface area contributed by atoms with E-state index in [1.807, 2.05) is 26.0 Å². The van der Waals surface area contributed by atoms with Gasteiger partial charge in [-0.15, -0.1) is 0 Å². The number of carbonyl (C=O) groups excluding carboxylic acids is 1. The minimum Gasteiger partial charge on any atom is -0.488 e. The molecule has 7 nitrogen and oxygen atoms in total. The summed E-state index contributed by atoms with van der Waals surface area (Å²) >= 11 is 6.58. The molecule has 0 saturated heterocycles. The largest absolute Gasteiger partial charge is 0.488 e. The van der Waals surface area contributed by atoms with Gasteiger partial charge in [-0.05, 0) is 69.0 Å². The third-order valence-corrected chi connectivity index (χ3v) is 4.31. The van der Waals surface area contributed by atoms with Gasteiger partial charge in [0.1, 0.15) is 15.8 Å². The number of anilines is 2. The molecule has 1 amide bonds. The van der Waals surface area contributed by atoms with E-state index < -0.39 is 0 Å². The summed E-state index contributed by atoms with van der Waals surface area (Å²) in [4.78, 5) is 19.3. The molecular formula is C16H16Br2N4O3. The van der Waals surface area contributed by atoms with Gasteiger partial charge < -0.3 is 20.1 Å². The van der Waals surface area contributed by atoms with E-state index in [0.29, 0.717) is 16.2 Å². The Bertz CT molecular complexity index is 830. The first kappa shape index (κ1) is 17.9. The smallest absolute Gasteiger partial charge is 0.263 e. The first-order valence-electron chi connectivity index (χ1n) is 7.57. The lowest BCUT2D eigenvalue weighted by Gasteiger charge is -2.19. The molecular weight excluding hydrogens is 456 g/mol. The Labute approximate surface area is 161 Å². The minimum atomic E-state index is -0.169. The molecule has 2 N–H and O–H groups in total. The summed E-state index contributed by atoms with van der Waals surface area (Å²) in [5.74, 6) is 2.70. The van der Waals surface area contributed by atoms with Gasteiger partial charge in [-0.1, -0.05) is 0 Å². The summed E-state index contributed by atoms with van der Waals surface area (Å²) in [5.41, 5.74) is 2.07. The summed E-state index contributed by atoms with van der Waals surface area (Å²) in [6.07, 6.45) is 0. The van der Waals surface area contributed by atoms with Crippen LogP contribution in [0, 0.1) is 13.8 Å². The second-order valence-electron chi connectivity index (χ2n) is 5.49. The fraction of sp³-hybridized carbons (Fsp3) is 0.312. The molecule has 0 unspecified atom stereocenters. The van der Waals surface area contributed by atoms with Crippen molar-refractivity contribution in [3.8, 4) is 11.5 Å². The number of amides is 1. The van der Waals surface area contributed by atoms with Crippen LogP contribution in [0.4, 0.5) is 11.6 Å². The molecule has 0 bridgehead atoms. The lowest BCUT2D eigenvalue weighted by molar-refractivity contribution is -0.118. The average Bonchev–Trinajstić information content (AvgIpc) is 2.54. The molecule has 0 atom stereocenters. The maximum atomic E-state index is 11.0. The molecule has 0 radical (unpaired) electrons. The number of ether oxygens (including phenoxy) is 2. The van der Waals surface area contributed by atoms with Gasteiger partial charge in [0, 0.05) is 0 Å². The van der Waals surface area contributed by atoms with Gasteiger partial charge in [-0.25, -0.2) is 9.97 Å². The molecule has 2 aromatic rings. The van der Waals surface area contributed by atoms with Crippen molar-refractivity contribution in [2.24, 2.45) is 0 Å². The Morgan fingerprint density at radius 1 is 1.00 bits per heavy atom. The monoisotopic (exact) mass is 470 g/mol. The SMILES string of the molecule is Cc1cc(Br)nc2c1OCC(=O)N2.Cc1cc(Br)nc2c1OCCN2. The maximum absolute atomic E-state index is 11.0. The van der Waals surface area contributed by atoms with Crippen LogP contribution in [-0.2, 0) is 4.79 Å². The second kappa shape index (κ2) is 7.57. The highest BCUT2D eigenvalue weighted by atomic mass is 79.9. The highest BCUT2D eigenvalue weighted by Crippen LogP contribution is 2.32. The fourth-order valence-corrected chi connectivity index (χ4v) is 3.48. The number of nitrogens with one attached hydrogen (secondary N) is 2. The van der Waals surface area contributed by atoms with E-state index in [-0.39, 0.29) is 12.5 Å². The number of carbonyl (C=O) groups is 1. The van der Waals surface area contributed by atoms with Crippen molar-refractivity contribution >= 4 is 49.4 Å². The van der Waals surface area contributed by atoms with Crippen molar-refractivity contribution in [1.82, 2.24) is 9.97 Å². The van der Waals surface area contributed by atoms with Gasteiger partial charge in [0.15, 0.2) is 29.7 Å². The van der Waals surface area contributed by atoms with Crippen molar-refractivity contribution < 1.29 is 14.3 Å². The zero-order valence-electron chi connectivity index (χ0n) is 13.7. The molecule has 2 aliphatic heterocycles. The van der Waals surface area contributed by atoms with E-state index in [2.05, 4.69) is 52.5 Å². The van der Waals surface area contributed by atoms with E-state index in [1.165, 1.54) is 0 Å². The van der Waals surface area contributed by atoms with Gasteiger partial charge in [0.25, 0.3) is 5.91 Å². The molecule has 4 rings (SSSR count). The number of rotatable bonds is 0. The standard InChI is InChI=1S/C8H7BrN2O2.C8H9BrN2O/c1-4-2-5(9)10-8-7(4)13-3-6(12)11-8;1-5-4-6(9)11-8-7(5)12-3-2-10-8/h2H,3H2,1H3,(H,10,11,12);4H,2-3H2,1H3,(H,10,11). The van der Waals surface area contributed by atoms with E-state index in [9.17, 15) is 4.79 Å². The van der Waals surface area contributed by atoms with Crippen LogP contribution in [0.3, 0.4) is 0 Å². The van der Waals surface area contributed by atoms with Crippen LogP contribution < -0.4 is 20.1 Å². The molecule has 0 fully saturated rings. The molecule has 0 spiro atoms. The van der Waals surface area contributed by atoms with Crippen molar-refractivity contribution in [3.63, 3.8) is 0 Å². The normalized spacial score (nSPS) is 14.5. The van der Waals surface area contributed by atoms with Crippen molar-refractivity contribution in [1.29, 1.82) is 0 Å². The quantitative estimate of drug-likeness (QED) is 0.572. The minimum absolute atomic E-state index is 0.0666. The van der Waals surface area contributed by atoms with Crippen LogP contribution in [0.2, 0.25) is 0 Å². The molecule has 4 heterocycles. The van der Waals surface area contributed by atoms with E-state index in [0.717, 1.165) is 40.4 Å². The van der Waals surface area contributed by atoms with Gasteiger partial charge in [-0.2, -0.15) is 0 Å². The number of fused-ring (bicyclic) bond motifs is 2. The lowest BCUT2D eigenvalue weighted by Crippen LogP contribution is -2.26. The molecule has 9 heteroatoms. The van der Waals surface area contributed by atoms with E-state index >= 15 is 0 Å². The Morgan fingerprint density at radius 2 is 1.60 bits per heavy atom. The Balaban J connectivity index is 0.000000146. The van der Waals surface area contributed by atoms with Gasteiger partial charge in [0.2, 0.25) is 0 Å². The molecule has 0 saturated carbocycles. The summed E-state index contributed by atoms with van der Waals surface area (Å²) in [6, 6.07) is 3.79. The maximum Gasteiger partial charge on any atom is 0.263 e. The summed E-state index contributed by atoms with van der Waals surface area (Å²) in [5, 5.41) is 5.81. The Hall–Kier alpha value is -1.87. The van der Waals surface area contributed by atoms with E-state index in [1.54, 1.807) is 0 Å². The third-order valence-electron chi connectivity index (χ3n) is 3.50. The summed E-state index contributed by atoms with van der Waals surface area (Å²) in [7, 11) is 0. The number of aryl methyl sites for hydroxylation is 2. The zero-order chi connectivity index (χ0) is 18.0. The van der Waals surface area contributed by atoms with Crippen molar-refractivity contribution in [2.75, 3.05) is 30.4 Å². The Morgan fingerprint density at radius 3 is 2.28 bits per heavy atom. The number of aromatic nitrogens is 2. The highest BCUT2D eigenvalue weighted by molar-refractivity contribution is 9.10. The molecule has 132 valence electrons. The molecule has 0 aliphatic carbocycles. The number of halogens is 2. The van der Waals surface area contributed by atoms with Crippen LogP contribution in [0.1, 0.15) is 11.1 Å². The van der Waals surface area contributed by atoms with Crippen molar-refractivity contribution in [3.05, 3.63) is 32.5 Å². The molecule has 2 aromatic heterocycles. The fourth-order valence-electron chi connectivity index (χ4n) is 2.44. The second-order valence-corrected chi connectivity index (χ2v) is 7.12. The first-order valence-corrected chi connectivity index (χ1v) is 9.16. The lowest BCUT2D eigenvalue weighted by atomic mass is 10.2. The van der Waals surface area contributed by atoms with Crippen LogP contribution >= 0.6 is 31.9 Å². The highest BCUT2D eigenvalue weighted by Gasteiger charge is 2.19. The predicted molar refractivity (Wildman–Crippen MR) is 101 cm³/mol. The van der Waals surface area contributed by atoms with Crippen LogP contribution in [0.25, 0.3) is 0 Å². The first-order chi connectivity index (χ1) is 11.9. The van der Waals surface area contributed by atoms with Gasteiger partial charge in [0.05, 0.1) is 6.54 Å². The summed E-state index contributed by atoms with van der Waals surface area (Å²) < 4.78 is 12.2. The topological polar surface area (TPSA) is 85.4 Å². The van der Waals surface area contributed by atoms with Gasteiger partial charge >= 0.3 is 0 Å². The van der Waals surface area contributed by atoms with E-state index in [4.69, 9.17) is 9.47 Å². The number of hydrogen-bond donors (Lipinski definition) is 2. The zero-order valence-corrected chi connectivity index (χ0v) is 16.8. The van der Waals surface area contributed by atoms with Crippen LogP contribution in [-0.4, -0.2) is 35.6 Å². The number of hydrogen-bond acceptors (Lipinski definition) is 6. The third kappa shape index (κ3) is 4.21. The average molecular weight is 472 g/mol. The molecule has 2 aliphatic rings. The van der Waals surface area contributed by atoms with Crippen LogP contribution in [0.5, 0.6) is 11.5 Å². The predicted octanol–water partition coefficient (Wildman–Crippen LogP) is 3.44. The number of nitrogens with zero attached hydrogens (tertiary/aromatic N) is 2. The molecule has 0 aromatic carbocycles. The summed E-state index contributed by atoms with van der Waals surface area (Å²) in [6.45, 7) is 5.53. The van der Waals surface area contributed by atoms with Crippen molar-refractivity contribution in [2.45, 2.75) is 13.8 Å². The number of pyridine rings is 2. The van der Waals surface area contributed by atoms with Crippen LogP contribution in [0.15, 0.2) is 21.3 Å². The Kier molecular flexibility index (Phi) is 5.43. The van der Waals surface area contributed by atoms with Gasteiger partial charge in [-0.3, -0.25) is 4.79 Å².